The third-order valence-corrected chi connectivity index (χ3v) is 4.82. The van der Waals surface area contributed by atoms with E-state index >= 15 is 0 Å². The van der Waals surface area contributed by atoms with E-state index in [1.807, 2.05) is 30.3 Å². The van der Waals surface area contributed by atoms with Crippen molar-refractivity contribution in [3.05, 3.63) is 77.2 Å². The molecule has 0 amide bonds. The molecule has 1 unspecified atom stereocenters. The molecule has 1 heterocycles. The summed E-state index contributed by atoms with van der Waals surface area (Å²) in [6.07, 6.45) is 1.88. The average Bonchev–Trinajstić information content (AvgIpc) is 3.14. The largest absolute Gasteiger partial charge is 0.508 e. The third-order valence-electron chi connectivity index (χ3n) is 4.03. The second-order valence-electron chi connectivity index (χ2n) is 5.81. The molecule has 2 aromatic rings. The minimum Gasteiger partial charge on any atom is -0.508 e. The molecular formula is C18H17O7P. The van der Waals surface area contributed by atoms with Crippen molar-refractivity contribution in [2.75, 3.05) is 6.79 Å². The smallest absolute Gasteiger partial charge is 0.396 e. The molecular weight excluding hydrogens is 359 g/mol. The number of phenolic OH excluding ortho intramolecular Hbond substituents is 1. The first-order chi connectivity index (χ1) is 12.4. The molecule has 2 aromatic carbocycles. The number of carbonyl (C=O) groups is 1. The fraction of sp³-hybridized carbons (Fsp3) is 0.167. The van der Waals surface area contributed by atoms with Crippen LogP contribution >= 0.6 is 7.60 Å². The Morgan fingerprint density at radius 2 is 1.88 bits per heavy atom. The van der Waals surface area contributed by atoms with E-state index in [-0.39, 0.29) is 18.1 Å². The molecule has 3 N–H and O–H groups in total. The van der Waals surface area contributed by atoms with Crippen LogP contribution in [0, 0.1) is 0 Å². The molecule has 0 bridgehead atoms. The van der Waals surface area contributed by atoms with Crippen LogP contribution in [0.15, 0.2) is 60.6 Å². The average molecular weight is 376 g/mol. The highest BCUT2D eigenvalue weighted by atomic mass is 31.2. The Morgan fingerprint density at radius 1 is 1.15 bits per heavy atom. The monoisotopic (exact) mass is 376 g/mol. The Labute approximate surface area is 149 Å². The van der Waals surface area contributed by atoms with E-state index in [9.17, 15) is 14.5 Å². The highest BCUT2D eigenvalue weighted by Gasteiger charge is 2.30. The predicted molar refractivity (Wildman–Crippen MR) is 92.5 cm³/mol. The summed E-state index contributed by atoms with van der Waals surface area (Å²) in [7, 11) is -4.93. The topological polar surface area (TPSA) is 113 Å². The van der Waals surface area contributed by atoms with Gasteiger partial charge in [-0.2, -0.15) is 0 Å². The molecule has 0 fully saturated rings. The lowest BCUT2D eigenvalue weighted by Crippen LogP contribution is -2.09. The molecule has 1 aliphatic rings. The summed E-state index contributed by atoms with van der Waals surface area (Å²) in [5.41, 5.74) is -0.191. The first-order valence-electron chi connectivity index (χ1n) is 7.78. The number of allylic oxidation sites excluding steroid dienone is 1. The van der Waals surface area contributed by atoms with Crippen LogP contribution in [-0.2, 0) is 20.5 Å². The van der Waals surface area contributed by atoms with Gasteiger partial charge in [0.25, 0.3) is 5.52 Å². The van der Waals surface area contributed by atoms with Gasteiger partial charge in [0.1, 0.15) is 17.8 Å². The number of carbonyl (C=O) groups excluding carboxylic acids is 1. The lowest BCUT2D eigenvalue weighted by atomic mass is 9.89. The zero-order valence-corrected chi connectivity index (χ0v) is 14.5. The van der Waals surface area contributed by atoms with Crippen LogP contribution in [0.25, 0.3) is 0 Å². The van der Waals surface area contributed by atoms with Crippen molar-refractivity contribution in [2.45, 2.75) is 12.3 Å². The number of rotatable bonds is 6. The summed E-state index contributed by atoms with van der Waals surface area (Å²) in [6, 6.07) is 13.2. The Morgan fingerprint density at radius 3 is 2.50 bits per heavy atom. The lowest BCUT2D eigenvalue weighted by molar-refractivity contribution is 0.0750. The van der Waals surface area contributed by atoms with Crippen LogP contribution in [0.3, 0.4) is 0 Å². The molecule has 0 saturated heterocycles. The number of ether oxygens (including phenoxy) is 2. The Hall–Kier alpha value is -2.60. The summed E-state index contributed by atoms with van der Waals surface area (Å²) in [5.74, 6) is -0.126. The third kappa shape index (κ3) is 3.96. The van der Waals surface area contributed by atoms with Gasteiger partial charge in [-0.05, 0) is 30.2 Å². The number of phenols is 1. The molecule has 0 radical (unpaired) electrons. The maximum atomic E-state index is 11.9. The molecule has 7 nitrogen and oxygen atoms in total. The quantitative estimate of drug-likeness (QED) is 0.664. The van der Waals surface area contributed by atoms with Crippen LogP contribution in [0.5, 0.6) is 5.75 Å². The molecule has 8 heteroatoms. The normalized spacial score (nSPS) is 14.9. The molecule has 0 aromatic heterocycles. The van der Waals surface area contributed by atoms with Gasteiger partial charge < -0.3 is 24.4 Å². The van der Waals surface area contributed by atoms with Gasteiger partial charge in [-0.25, -0.2) is 0 Å². The summed E-state index contributed by atoms with van der Waals surface area (Å²) in [6.45, 7) is 0.0441. The molecule has 26 heavy (non-hydrogen) atoms. The van der Waals surface area contributed by atoms with E-state index in [1.165, 1.54) is 24.5 Å². The van der Waals surface area contributed by atoms with Crippen molar-refractivity contribution in [3.63, 3.8) is 0 Å². The van der Waals surface area contributed by atoms with Gasteiger partial charge in [0, 0.05) is 11.1 Å². The van der Waals surface area contributed by atoms with Crippen molar-refractivity contribution in [3.8, 4) is 5.75 Å². The Kier molecular flexibility index (Phi) is 5.13. The first-order valence-corrected chi connectivity index (χ1v) is 9.39. The van der Waals surface area contributed by atoms with Crippen LogP contribution in [0.2, 0.25) is 0 Å². The van der Waals surface area contributed by atoms with Crippen LogP contribution in [-0.4, -0.2) is 27.2 Å². The van der Waals surface area contributed by atoms with Crippen molar-refractivity contribution >= 4 is 13.1 Å². The SMILES string of the molecule is O=C(c1ccc(O)c(C(Cc2ccccc2)C2=COCO2)c1)P(=O)(O)O. The fourth-order valence-corrected chi connectivity index (χ4v) is 3.26. The summed E-state index contributed by atoms with van der Waals surface area (Å²) in [5, 5.41) is 10.3. The van der Waals surface area contributed by atoms with Crippen molar-refractivity contribution in [2.24, 2.45) is 0 Å². The highest BCUT2D eigenvalue weighted by Crippen LogP contribution is 2.42. The van der Waals surface area contributed by atoms with E-state index in [1.54, 1.807) is 0 Å². The zero-order chi connectivity index (χ0) is 18.7. The van der Waals surface area contributed by atoms with Gasteiger partial charge in [-0.15, -0.1) is 0 Å². The number of benzene rings is 2. The molecule has 136 valence electrons. The second kappa shape index (κ2) is 7.33. The standard InChI is InChI=1S/C18H17O7P/c19-16-7-6-13(18(20)26(21,22)23)9-14(16)15(17-10-24-11-25-17)8-12-4-2-1-3-5-12/h1-7,9-10,15,19H,8,11H2,(H2,21,22,23). The first kappa shape index (κ1) is 18.2. The van der Waals surface area contributed by atoms with Gasteiger partial charge in [-0.3, -0.25) is 9.36 Å². The maximum absolute atomic E-state index is 11.9. The second-order valence-corrected chi connectivity index (χ2v) is 7.31. The number of aromatic hydroxyl groups is 1. The van der Waals surface area contributed by atoms with Crippen LogP contribution in [0.4, 0.5) is 0 Å². The zero-order valence-electron chi connectivity index (χ0n) is 13.6. The molecule has 0 spiro atoms. The van der Waals surface area contributed by atoms with E-state index < -0.39 is 19.0 Å². The van der Waals surface area contributed by atoms with Gasteiger partial charge in [0.05, 0.1) is 5.92 Å². The van der Waals surface area contributed by atoms with E-state index in [0.29, 0.717) is 17.7 Å². The minimum atomic E-state index is -4.93. The lowest BCUT2D eigenvalue weighted by Gasteiger charge is -2.19. The molecule has 1 atom stereocenters. The van der Waals surface area contributed by atoms with Crippen molar-refractivity contribution in [1.82, 2.24) is 0 Å². The maximum Gasteiger partial charge on any atom is 0.396 e. The highest BCUT2D eigenvalue weighted by molar-refractivity contribution is 7.70. The summed E-state index contributed by atoms with van der Waals surface area (Å²) >= 11 is 0. The van der Waals surface area contributed by atoms with E-state index in [0.717, 1.165) is 5.56 Å². The summed E-state index contributed by atoms with van der Waals surface area (Å²) in [4.78, 5) is 30.2. The molecule has 3 rings (SSSR count). The predicted octanol–water partition coefficient (Wildman–Crippen LogP) is 2.88. The van der Waals surface area contributed by atoms with E-state index in [2.05, 4.69) is 0 Å². The fourth-order valence-electron chi connectivity index (χ4n) is 2.78. The minimum absolute atomic E-state index is 0.0441. The Bertz CT molecular complexity index is 886. The number of hydrogen-bond donors (Lipinski definition) is 3. The van der Waals surface area contributed by atoms with Crippen molar-refractivity contribution < 1.29 is 33.7 Å². The van der Waals surface area contributed by atoms with Crippen LogP contribution < -0.4 is 0 Å². The molecule has 1 aliphatic heterocycles. The van der Waals surface area contributed by atoms with E-state index in [4.69, 9.17) is 19.3 Å². The number of hydrogen-bond acceptors (Lipinski definition) is 5. The molecule has 0 aliphatic carbocycles. The van der Waals surface area contributed by atoms with Crippen molar-refractivity contribution in [1.29, 1.82) is 0 Å². The van der Waals surface area contributed by atoms with Gasteiger partial charge in [0.15, 0.2) is 0 Å². The summed E-state index contributed by atoms with van der Waals surface area (Å²) < 4.78 is 21.8. The Balaban J connectivity index is 2.03. The van der Waals surface area contributed by atoms with Crippen LogP contribution in [0.1, 0.15) is 27.4 Å². The van der Waals surface area contributed by atoms with Gasteiger partial charge >= 0.3 is 7.60 Å². The van der Waals surface area contributed by atoms with Gasteiger partial charge in [-0.1, -0.05) is 30.3 Å². The van der Waals surface area contributed by atoms with Gasteiger partial charge in [0.2, 0.25) is 6.79 Å². The molecule has 0 saturated carbocycles.